The molecular weight excluding hydrogens is 427 g/mol. The molecule has 0 saturated heterocycles. The first-order valence-electron chi connectivity index (χ1n) is 8.63. The van der Waals surface area contributed by atoms with Gasteiger partial charge in [0.05, 0.1) is 12.0 Å². The lowest BCUT2D eigenvalue weighted by molar-refractivity contribution is -0.128. The Kier molecular flexibility index (Phi) is 10.7. The number of aliphatic imine (C=N–C) groups is 1. The Balaban J connectivity index is 0.00000576. The minimum atomic E-state index is -0.529. The van der Waals surface area contributed by atoms with Crippen molar-refractivity contribution in [2.45, 2.75) is 40.7 Å². The molecule has 0 radical (unpaired) electrons. The fraction of sp³-hybridized carbons (Fsp3) is 0.579. The molecule has 0 atom stereocenters. The average molecular weight is 460 g/mol. The van der Waals surface area contributed by atoms with Crippen LogP contribution in [0, 0.1) is 5.41 Å². The van der Waals surface area contributed by atoms with Crippen LogP contribution in [0.25, 0.3) is 0 Å². The largest absolute Gasteiger partial charge is 0.359 e. The maximum atomic E-state index is 11.9. The van der Waals surface area contributed by atoms with Crippen LogP contribution in [-0.2, 0) is 17.8 Å². The van der Waals surface area contributed by atoms with Gasteiger partial charge in [-0.3, -0.25) is 9.79 Å². The molecule has 0 spiro atoms. The predicted molar refractivity (Wildman–Crippen MR) is 117 cm³/mol. The van der Waals surface area contributed by atoms with E-state index in [0.29, 0.717) is 6.54 Å². The molecule has 0 aliphatic rings. The molecule has 0 bridgehead atoms. The first kappa shape index (κ1) is 23.7. The fourth-order valence-corrected chi connectivity index (χ4v) is 2.38. The zero-order chi connectivity index (χ0) is 18.2. The summed E-state index contributed by atoms with van der Waals surface area (Å²) >= 11 is 0. The van der Waals surface area contributed by atoms with Gasteiger partial charge in [0.15, 0.2) is 5.96 Å². The molecule has 142 valence electrons. The lowest BCUT2D eigenvalue weighted by atomic mass is 9.93. The summed E-state index contributed by atoms with van der Waals surface area (Å²) in [4.78, 5) is 18.7. The minimum absolute atomic E-state index is 0. The van der Waals surface area contributed by atoms with E-state index in [2.05, 4.69) is 51.7 Å². The molecule has 0 saturated carbocycles. The highest BCUT2D eigenvalue weighted by Crippen LogP contribution is 2.15. The quantitative estimate of drug-likeness (QED) is 0.374. The van der Waals surface area contributed by atoms with Crippen LogP contribution >= 0.6 is 24.0 Å². The number of benzene rings is 1. The van der Waals surface area contributed by atoms with Crippen LogP contribution in [0.15, 0.2) is 29.3 Å². The van der Waals surface area contributed by atoms with Crippen LogP contribution in [0.1, 0.15) is 38.8 Å². The number of rotatable bonds is 7. The zero-order valence-corrected chi connectivity index (χ0v) is 18.7. The molecule has 0 aliphatic carbocycles. The number of hydrogen-bond donors (Lipinski definition) is 2. The molecular formula is C19H33IN4O. The number of hydrogen-bond acceptors (Lipinski definition) is 2. The van der Waals surface area contributed by atoms with E-state index < -0.39 is 5.41 Å². The normalized spacial score (nSPS) is 11.5. The van der Waals surface area contributed by atoms with Crippen molar-refractivity contribution in [3.63, 3.8) is 0 Å². The predicted octanol–water partition coefficient (Wildman–Crippen LogP) is 3.04. The van der Waals surface area contributed by atoms with Crippen molar-refractivity contribution in [3.8, 4) is 0 Å². The van der Waals surface area contributed by atoms with E-state index in [-0.39, 0.29) is 29.9 Å². The van der Waals surface area contributed by atoms with Gasteiger partial charge in [0, 0.05) is 27.2 Å². The summed E-state index contributed by atoms with van der Waals surface area (Å²) in [6, 6.07) is 8.66. The fourth-order valence-electron chi connectivity index (χ4n) is 2.38. The van der Waals surface area contributed by atoms with Crippen molar-refractivity contribution in [2.75, 3.05) is 27.2 Å². The van der Waals surface area contributed by atoms with Gasteiger partial charge in [0.2, 0.25) is 5.91 Å². The molecule has 1 aromatic carbocycles. The number of nitrogens with zero attached hydrogens (tertiary/aromatic N) is 2. The topological polar surface area (TPSA) is 56.7 Å². The van der Waals surface area contributed by atoms with Crippen LogP contribution in [0.5, 0.6) is 0 Å². The highest BCUT2D eigenvalue weighted by molar-refractivity contribution is 14.0. The Hall–Kier alpha value is -1.31. The van der Waals surface area contributed by atoms with E-state index in [4.69, 9.17) is 0 Å². The summed E-state index contributed by atoms with van der Waals surface area (Å²) in [6.45, 7) is 10.0. The first-order chi connectivity index (χ1) is 11.3. The van der Waals surface area contributed by atoms with Gasteiger partial charge in [0.25, 0.3) is 0 Å². The monoisotopic (exact) mass is 460 g/mol. The molecule has 25 heavy (non-hydrogen) atoms. The summed E-state index contributed by atoms with van der Waals surface area (Å²) < 4.78 is 0. The Bertz CT molecular complexity index is 555. The number of halogens is 1. The van der Waals surface area contributed by atoms with Crippen LogP contribution in [0.2, 0.25) is 0 Å². The smallest absolute Gasteiger partial charge is 0.227 e. The molecule has 0 unspecified atom stereocenters. The van der Waals surface area contributed by atoms with Gasteiger partial charge >= 0.3 is 0 Å². The zero-order valence-electron chi connectivity index (χ0n) is 16.3. The van der Waals surface area contributed by atoms with Crippen LogP contribution in [0.4, 0.5) is 0 Å². The summed E-state index contributed by atoms with van der Waals surface area (Å²) in [5.41, 5.74) is 2.05. The SMILES string of the molecule is CCNC(=NCC(C)(C)C(=O)NC)N(C)Cc1ccc(CC)cc1.I. The first-order valence-corrected chi connectivity index (χ1v) is 8.63. The van der Waals surface area contributed by atoms with Crippen LogP contribution < -0.4 is 10.6 Å². The third kappa shape index (κ3) is 7.63. The molecule has 1 rings (SSSR count). The number of carbonyl (C=O) groups excluding carboxylic acids is 1. The molecule has 0 fully saturated rings. The summed E-state index contributed by atoms with van der Waals surface area (Å²) in [7, 11) is 3.67. The van der Waals surface area contributed by atoms with Gasteiger partial charge in [-0.2, -0.15) is 0 Å². The number of guanidine groups is 1. The number of amides is 1. The van der Waals surface area contributed by atoms with Gasteiger partial charge in [-0.25, -0.2) is 0 Å². The minimum Gasteiger partial charge on any atom is -0.359 e. The van der Waals surface area contributed by atoms with Crippen molar-refractivity contribution in [1.29, 1.82) is 0 Å². The Labute approximate surface area is 169 Å². The Morgan fingerprint density at radius 1 is 1.16 bits per heavy atom. The highest BCUT2D eigenvalue weighted by Gasteiger charge is 2.26. The van der Waals surface area contributed by atoms with Gasteiger partial charge < -0.3 is 15.5 Å². The van der Waals surface area contributed by atoms with E-state index in [0.717, 1.165) is 25.5 Å². The maximum Gasteiger partial charge on any atom is 0.227 e. The van der Waals surface area contributed by atoms with Crippen LogP contribution in [-0.4, -0.2) is 44.0 Å². The summed E-state index contributed by atoms with van der Waals surface area (Å²) in [5.74, 6) is 0.814. The summed E-state index contributed by atoms with van der Waals surface area (Å²) in [6.07, 6.45) is 1.05. The second kappa shape index (κ2) is 11.3. The number of nitrogens with one attached hydrogen (secondary N) is 2. The third-order valence-electron chi connectivity index (χ3n) is 4.01. The number of aryl methyl sites for hydroxylation is 1. The van der Waals surface area contributed by atoms with Gasteiger partial charge in [-0.15, -0.1) is 24.0 Å². The molecule has 0 heterocycles. The second-order valence-electron chi connectivity index (χ2n) is 6.66. The van der Waals surface area contributed by atoms with E-state index in [1.807, 2.05) is 27.8 Å². The van der Waals surface area contributed by atoms with Crippen molar-refractivity contribution in [2.24, 2.45) is 10.4 Å². The molecule has 5 nitrogen and oxygen atoms in total. The molecule has 0 aliphatic heterocycles. The second-order valence-corrected chi connectivity index (χ2v) is 6.66. The van der Waals surface area contributed by atoms with E-state index in [9.17, 15) is 4.79 Å². The van der Waals surface area contributed by atoms with Crippen molar-refractivity contribution in [1.82, 2.24) is 15.5 Å². The lowest BCUT2D eigenvalue weighted by Crippen LogP contribution is -2.41. The third-order valence-corrected chi connectivity index (χ3v) is 4.01. The Morgan fingerprint density at radius 3 is 2.20 bits per heavy atom. The average Bonchev–Trinajstić information content (AvgIpc) is 2.58. The van der Waals surface area contributed by atoms with E-state index in [1.54, 1.807) is 7.05 Å². The molecule has 0 aromatic heterocycles. The van der Waals surface area contributed by atoms with Crippen LogP contribution in [0.3, 0.4) is 0 Å². The maximum absolute atomic E-state index is 11.9. The van der Waals surface area contributed by atoms with Crippen molar-refractivity contribution in [3.05, 3.63) is 35.4 Å². The van der Waals surface area contributed by atoms with E-state index >= 15 is 0 Å². The van der Waals surface area contributed by atoms with Gasteiger partial charge in [-0.05, 0) is 38.3 Å². The molecule has 1 aromatic rings. The molecule has 6 heteroatoms. The number of carbonyl (C=O) groups is 1. The van der Waals surface area contributed by atoms with Gasteiger partial charge in [-0.1, -0.05) is 31.2 Å². The van der Waals surface area contributed by atoms with E-state index in [1.165, 1.54) is 11.1 Å². The van der Waals surface area contributed by atoms with Crippen molar-refractivity contribution >= 4 is 35.8 Å². The lowest BCUT2D eigenvalue weighted by Gasteiger charge is -2.25. The highest BCUT2D eigenvalue weighted by atomic mass is 127. The summed E-state index contributed by atoms with van der Waals surface area (Å²) in [5, 5.41) is 6.00. The molecule has 2 N–H and O–H groups in total. The van der Waals surface area contributed by atoms with Crippen molar-refractivity contribution < 1.29 is 4.79 Å². The standard InChI is InChI=1S/C19H32N4O.HI/c1-7-15-9-11-16(12-10-15)13-23(6)18(21-8-2)22-14-19(3,4)17(24)20-5;/h9-12H,7-8,13-14H2,1-6H3,(H,20,24)(H,21,22);1H. The van der Waals surface area contributed by atoms with Gasteiger partial charge in [0.1, 0.15) is 0 Å². The molecule has 1 amide bonds. The Morgan fingerprint density at radius 2 is 1.72 bits per heavy atom.